The zero-order valence-corrected chi connectivity index (χ0v) is 14.9. The number of nitrogens with one attached hydrogen (secondary N) is 1. The lowest BCUT2D eigenvalue weighted by Crippen LogP contribution is -2.17. The van der Waals surface area contributed by atoms with Crippen molar-refractivity contribution in [2.75, 3.05) is 11.9 Å². The summed E-state index contributed by atoms with van der Waals surface area (Å²) in [7, 11) is 0. The molecule has 0 spiro atoms. The summed E-state index contributed by atoms with van der Waals surface area (Å²) in [5.74, 6) is 1.45. The third-order valence-corrected chi connectivity index (χ3v) is 4.87. The van der Waals surface area contributed by atoms with E-state index in [2.05, 4.69) is 10.3 Å². The van der Waals surface area contributed by atoms with Crippen molar-refractivity contribution >= 4 is 17.4 Å². The number of nitrogens with zero attached hydrogens (tertiary/aromatic N) is 3. The minimum Gasteiger partial charge on any atom is -0.394 e. The normalized spacial score (nSPS) is 14.1. The van der Waals surface area contributed by atoms with E-state index in [9.17, 15) is 5.11 Å². The van der Waals surface area contributed by atoms with Crippen LogP contribution < -0.4 is 5.32 Å². The standard InChI is InChI=1S/C20H19ClN4O/c21-15-8-6-13(7-9-15)18(12-26)24-20-16-4-1-5-17(16)23-19(25-20)14-3-2-10-22-11-14/h2-3,6-11,18,26H,1,4-5,12H2,(H,23,24,25). The Bertz CT molecular complexity index is 900. The van der Waals surface area contributed by atoms with Crippen LogP contribution in [0.3, 0.4) is 0 Å². The number of pyridine rings is 1. The number of benzene rings is 1. The van der Waals surface area contributed by atoms with Gasteiger partial charge in [-0.25, -0.2) is 9.97 Å². The molecule has 132 valence electrons. The average molecular weight is 367 g/mol. The van der Waals surface area contributed by atoms with Crippen molar-refractivity contribution in [1.82, 2.24) is 15.0 Å². The van der Waals surface area contributed by atoms with Crippen LogP contribution in [0.5, 0.6) is 0 Å². The van der Waals surface area contributed by atoms with Gasteiger partial charge in [-0.1, -0.05) is 23.7 Å². The predicted octanol–water partition coefficient (Wildman–Crippen LogP) is 3.83. The van der Waals surface area contributed by atoms with Gasteiger partial charge in [-0.05, 0) is 49.1 Å². The van der Waals surface area contributed by atoms with Crippen molar-refractivity contribution in [3.8, 4) is 11.4 Å². The first-order valence-electron chi connectivity index (χ1n) is 8.67. The van der Waals surface area contributed by atoms with Gasteiger partial charge in [-0.2, -0.15) is 0 Å². The van der Waals surface area contributed by atoms with Crippen molar-refractivity contribution in [3.05, 3.63) is 70.6 Å². The van der Waals surface area contributed by atoms with Crippen LogP contribution in [0, 0.1) is 0 Å². The number of halogens is 1. The summed E-state index contributed by atoms with van der Waals surface area (Å²) in [6.07, 6.45) is 6.47. The third-order valence-electron chi connectivity index (χ3n) is 4.62. The lowest BCUT2D eigenvalue weighted by Gasteiger charge is -2.20. The number of fused-ring (bicyclic) bond motifs is 1. The number of aryl methyl sites for hydroxylation is 1. The Morgan fingerprint density at radius 2 is 1.96 bits per heavy atom. The van der Waals surface area contributed by atoms with Crippen molar-refractivity contribution in [2.24, 2.45) is 0 Å². The number of rotatable bonds is 5. The molecule has 6 heteroatoms. The van der Waals surface area contributed by atoms with Gasteiger partial charge >= 0.3 is 0 Å². The van der Waals surface area contributed by atoms with Gasteiger partial charge in [-0.3, -0.25) is 4.98 Å². The van der Waals surface area contributed by atoms with Gasteiger partial charge in [0.1, 0.15) is 5.82 Å². The fourth-order valence-corrected chi connectivity index (χ4v) is 3.40. The molecule has 3 aromatic rings. The Morgan fingerprint density at radius 3 is 2.69 bits per heavy atom. The Hall–Kier alpha value is -2.50. The number of aliphatic hydroxyl groups is 1. The van der Waals surface area contributed by atoms with Crippen LogP contribution >= 0.6 is 11.6 Å². The molecule has 0 aliphatic heterocycles. The van der Waals surface area contributed by atoms with Crippen LogP contribution in [-0.2, 0) is 12.8 Å². The first kappa shape index (κ1) is 16.9. The summed E-state index contributed by atoms with van der Waals surface area (Å²) >= 11 is 5.98. The fourth-order valence-electron chi connectivity index (χ4n) is 3.27. The molecule has 4 rings (SSSR count). The summed E-state index contributed by atoms with van der Waals surface area (Å²) < 4.78 is 0. The summed E-state index contributed by atoms with van der Waals surface area (Å²) in [4.78, 5) is 13.6. The Labute approximate surface area is 157 Å². The number of aliphatic hydroxyl groups excluding tert-OH is 1. The molecular weight excluding hydrogens is 348 g/mol. The highest BCUT2D eigenvalue weighted by Gasteiger charge is 2.22. The minimum atomic E-state index is -0.256. The summed E-state index contributed by atoms with van der Waals surface area (Å²) in [5.41, 5.74) is 4.07. The molecule has 1 aliphatic rings. The average Bonchev–Trinajstić information content (AvgIpc) is 3.16. The quantitative estimate of drug-likeness (QED) is 0.718. The lowest BCUT2D eigenvalue weighted by atomic mass is 10.1. The van der Waals surface area contributed by atoms with E-state index in [1.165, 1.54) is 0 Å². The van der Waals surface area contributed by atoms with Crippen LogP contribution in [0.15, 0.2) is 48.8 Å². The summed E-state index contributed by atoms with van der Waals surface area (Å²) in [6, 6.07) is 11.1. The molecule has 2 heterocycles. The molecule has 1 aromatic carbocycles. The minimum absolute atomic E-state index is 0.0391. The molecular formula is C20H19ClN4O. The second-order valence-electron chi connectivity index (χ2n) is 6.35. The molecule has 0 saturated heterocycles. The molecule has 0 amide bonds. The maximum atomic E-state index is 9.90. The molecule has 0 bridgehead atoms. The van der Waals surface area contributed by atoms with Gasteiger partial charge in [0.15, 0.2) is 5.82 Å². The zero-order valence-electron chi connectivity index (χ0n) is 14.2. The SMILES string of the molecule is OCC(Nc1nc(-c2cccnc2)nc2c1CCC2)c1ccc(Cl)cc1. The zero-order chi connectivity index (χ0) is 17.9. The van der Waals surface area contributed by atoms with Crippen molar-refractivity contribution in [2.45, 2.75) is 25.3 Å². The van der Waals surface area contributed by atoms with E-state index in [-0.39, 0.29) is 12.6 Å². The fraction of sp³-hybridized carbons (Fsp3) is 0.250. The van der Waals surface area contributed by atoms with E-state index < -0.39 is 0 Å². The van der Waals surface area contributed by atoms with E-state index in [0.717, 1.165) is 47.5 Å². The number of anilines is 1. The van der Waals surface area contributed by atoms with Gasteiger partial charge in [0.05, 0.1) is 12.6 Å². The van der Waals surface area contributed by atoms with Gasteiger partial charge in [-0.15, -0.1) is 0 Å². The Balaban J connectivity index is 1.71. The molecule has 26 heavy (non-hydrogen) atoms. The first-order valence-corrected chi connectivity index (χ1v) is 9.05. The third kappa shape index (κ3) is 3.41. The Kier molecular flexibility index (Phi) is 4.82. The van der Waals surface area contributed by atoms with E-state index in [4.69, 9.17) is 21.6 Å². The van der Waals surface area contributed by atoms with Crippen molar-refractivity contribution < 1.29 is 5.11 Å². The van der Waals surface area contributed by atoms with Crippen LogP contribution in [-0.4, -0.2) is 26.7 Å². The molecule has 2 N–H and O–H groups in total. The predicted molar refractivity (Wildman–Crippen MR) is 102 cm³/mol. The molecule has 1 atom stereocenters. The van der Waals surface area contributed by atoms with Gasteiger partial charge in [0, 0.05) is 34.2 Å². The Morgan fingerprint density at radius 1 is 1.12 bits per heavy atom. The van der Waals surface area contributed by atoms with Crippen molar-refractivity contribution in [3.63, 3.8) is 0 Å². The van der Waals surface area contributed by atoms with Crippen LogP contribution in [0.4, 0.5) is 5.82 Å². The number of hydrogen-bond donors (Lipinski definition) is 2. The van der Waals surface area contributed by atoms with E-state index in [1.807, 2.05) is 36.4 Å². The molecule has 0 fully saturated rings. The summed E-state index contributed by atoms with van der Waals surface area (Å²) in [5, 5.41) is 14.0. The second-order valence-corrected chi connectivity index (χ2v) is 6.78. The second kappa shape index (κ2) is 7.40. The van der Waals surface area contributed by atoms with E-state index in [1.54, 1.807) is 12.4 Å². The van der Waals surface area contributed by atoms with Crippen LogP contribution in [0.2, 0.25) is 5.02 Å². The maximum Gasteiger partial charge on any atom is 0.163 e. The highest BCUT2D eigenvalue weighted by Crippen LogP contribution is 2.31. The maximum absolute atomic E-state index is 9.90. The van der Waals surface area contributed by atoms with Crippen LogP contribution in [0.25, 0.3) is 11.4 Å². The largest absolute Gasteiger partial charge is 0.394 e. The highest BCUT2D eigenvalue weighted by molar-refractivity contribution is 6.30. The van der Waals surface area contributed by atoms with Gasteiger partial charge in [0.2, 0.25) is 0 Å². The van der Waals surface area contributed by atoms with Gasteiger partial charge in [0.25, 0.3) is 0 Å². The van der Waals surface area contributed by atoms with E-state index in [0.29, 0.717) is 10.8 Å². The molecule has 1 aliphatic carbocycles. The molecule has 0 radical (unpaired) electrons. The first-order chi connectivity index (χ1) is 12.7. The lowest BCUT2D eigenvalue weighted by molar-refractivity contribution is 0.276. The van der Waals surface area contributed by atoms with Gasteiger partial charge < -0.3 is 10.4 Å². The molecule has 0 saturated carbocycles. The van der Waals surface area contributed by atoms with Crippen molar-refractivity contribution in [1.29, 1.82) is 0 Å². The molecule has 5 nitrogen and oxygen atoms in total. The summed E-state index contributed by atoms with van der Waals surface area (Å²) in [6.45, 7) is -0.0391. The smallest absolute Gasteiger partial charge is 0.163 e. The highest BCUT2D eigenvalue weighted by atomic mass is 35.5. The number of hydrogen-bond acceptors (Lipinski definition) is 5. The monoisotopic (exact) mass is 366 g/mol. The number of aromatic nitrogens is 3. The van der Waals surface area contributed by atoms with Crippen LogP contribution in [0.1, 0.15) is 29.3 Å². The molecule has 1 unspecified atom stereocenters. The molecule has 2 aromatic heterocycles. The van der Waals surface area contributed by atoms with E-state index >= 15 is 0 Å². The topological polar surface area (TPSA) is 70.9 Å².